The zero-order chi connectivity index (χ0) is 14.0. The first-order valence-electron chi connectivity index (χ1n) is 5.41. The molecule has 0 fully saturated rings. The third kappa shape index (κ3) is 3.05. The Balaban J connectivity index is 2.45. The Morgan fingerprint density at radius 2 is 2.11 bits per heavy atom. The van der Waals surface area contributed by atoms with Crippen LogP contribution in [0.15, 0.2) is 34.8 Å². The van der Waals surface area contributed by atoms with Crippen LogP contribution in [0.1, 0.15) is 15.9 Å². The van der Waals surface area contributed by atoms with Gasteiger partial charge in [-0.1, -0.05) is 33.6 Å². The largest absolute Gasteiger partial charge is 0.478 e. The Hall–Kier alpha value is -1.59. The van der Waals surface area contributed by atoms with Crippen LogP contribution in [-0.2, 0) is 0 Å². The third-order valence-electron chi connectivity index (χ3n) is 2.61. The number of carboxylic acids is 1. The highest BCUT2D eigenvalue weighted by Crippen LogP contribution is 2.27. The van der Waals surface area contributed by atoms with Crippen molar-refractivity contribution in [3.05, 3.63) is 51.1 Å². The van der Waals surface area contributed by atoms with E-state index in [1.807, 2.05) is 25.1 Å². The van der Waals surface area contributed by atoms with E-state index in [0.29, 0.717) is 0 Å². The molecule has 2 aromatic rings. The van der Waals surface area contributed by atoms with Gasteiger partial charge in [0.2, 0.25) is 0 Å². The van der Waals surface area contributed by atoms with Gasteiger partial charge in [0.25, 0.3) is 0 Å². The van der Waals surface area contributed by atoms with Crippen LogP contribution in [0.25, 0.3) is 0 Å². The standard InChI is InChI=1S/C13H10BrClN2O2/c1-7-9(14)3-2-4-10(7)16-12-8(13(18)19)5-6-11(15)17-12/h2-6H,1H3,(H,16,17)(H,18,19). The number of carboxylic acid groups (broad SMARTS) is 1. The van der Waals surface area contributed by atoms with Crippen molar-refractivity contribution in [2.75, 3.05) is 5.32 Å². The van der Waals surface area contributed by atoms with Gasteiger partial charge in [-0.05, 0) is 36.8 Å². The maximum atomic E-state index is 11.1. The van der Waals surface area contributed by atoms with Gasteiger partial charge >= 0.3 is 5.97 Å². The molecular formula is C13H10BrClN2O2. The first kappa shape index (κ1) is 13.8. The predicted molar refractivity (Wildman–Crippen MR) is 78.4 cm³/mol. The van der Waals surface area contributed by atoms with Gasteiger partial charge in [-0.2, -0.15) is 0 Å². The lowest BCUT2D eigenvalue weighted by molar-refractivity contribution is 0.0697. The fraction of sp³-hybridized carbons (Fsp3) is 0.0769. The highest BCUT2D eigenvalue weighted by atomic mass is 79.9. The van der Waals surface area contributed by atoms with Crippen LogP contribution in [0.5, 0.6) is 0 Å². The maximum Gasteiger partial charge on any atom is 0.339 e. The molecular weight excluding hydrogens is 332 g/mol. The van der Waals surface area contributed by atoms with Crippen molar-refractivity contribution in [3.63, 3.8) is 0 Å². The van der Waals surface area contributed by atoms with Gasteiger partial charge in [0.05, 0.1) is 0 Å². The van der Waals surface area contributed by atoms with Gasteiger partial charge in [-0.3, -0.25) is 0 Å². The smallest absolute Gasteiger partial charge is 0.339 e. The van der Waals surface area contributed by atoms with E-state index in [0.717, 1.165) is 15.7 Å². The first-order valence-corrected chi connectivity index (χ1v) is 6.58. The van der Waals surface area contributed by atoms with Crippen LogP contribution >= 0.6 is 27.5 Å². The average molecular weight is 342 g/mol. The lowest BCUT2D eigenvalue weighted by Crippen LogP contribution is -2.05. The van der Waals surface area contributed by atoms with E-state index in [4.69, 9.17) is 16.7 Å². The number of nitrogens with one attached hydrogen (secondary N) is 1. The van der Waals surface area contributed by atoms with Crippen molar-refractivity contribution in [3.8, 4) is 0 Å². The zero-order valence-corrected chi connectivity index (χ0v) is 12.3. The van der Waals surface area contributed by atoms with E-state index in [1.165, 1.54) is 12.1 Å². The van der Waals surface area contributed by atoms with Crippen LogP contribution < -0.4 is 5.32 Å². The summed E-state index contributed by atoms with van der Waals surface area (Å²) in [5.41, 5.74) is 1.80. The molecule has 0 radical (unpaired) electrons. The van der Waals surface area contributed by atoms with Gasteiger partial charge in [-0.25, -0.2) is 9.78 Å². The van der Waals surface area contributed by atoms with Crippen molar-refractivity contribution in [2.24, 2.45) is 0 Å². The van der Waals surface area contributed by atoms with Gasteiger partial charge in [0.1, 0.15) is 16.5 Å². The summed E-state index contributed by atoms with van der Waals surface area (Å²) in [5.74, 6) is -0.833. The summed E-state index contributed by atoms with van der Waals surface area (Å²) in [6.07, 6.45) is 0. The molecule has 0 bridgehead atoms. The van der Waals surface area contributed by atoms with E-state index in [1.54, 1.807) is 0 Å². The summed E-state index contributed by atoms with van der Waals surface area (Å²) < 4.78 is 0.927. The van der Waals surface area contributed by atoms with Crippen LogP contribution in [0.3, 0.4) is 0 Å². The number of aromatic nitrogens is 1. The number of carbonyl (C=O) groups is 1. The first-order chi connectivity index (χ1) is 8.99. The quantitative estimate of drug-likeness (QED) is 0.819. The van der Waals surface area contributed by atoms with Gasteiger partial charge in [0.15, 0.2) is 0 Å². The molecule has 0 amide bonds. The van der Waals surface area contributed by atoms with Crippen LogP contribution in [0, 0.1) is 6.92 Å². The summed E-state index contributed by atoms with van der Waals surface area (Å²) in [4.78, 5) is 15.2. The molecule has 2 rings (SSSR count). The number of nitrogens with zero attached hydrogens (tertiary/aromatic N) is 1. The monoisotopic (exact) mass is 340 g/mol. The summed E-state index contributed by atoms with van der Waals surface area (Å²) in [5, 5.41) is 12.4. The highest BCUT2D eigenvalue weighted by molar-refractivity contribution is 9.10. The van der Waals surface area contributed by atoms with E-state index in [-0.39, 0.29) is 16.5 Å². The third-order valence-corrected chi connectivity index (χ3v) is 3.68. The average Bonchev–Trinajstić information content (AvgIpc) is 2.35. The molecule has 0 saturated heterocycles. The fourth-order valence-corrected chi connectivity index (χ4v) is 2.09. The molecule has 2 N–H and O–H groups in total. The molecule has 0 unspecified atom stereocenters. The topological polar surface area (TPSA) is 62.2 Å². The molecule has 0 saturated carbocycles. The summed E-state index contributed by atoms with van der Waals surface area (Å²) >= 11 is 9.22. The predicted octanol–water partition coefficient (Wildman–Crippen LogP) is 4.25. The van der Waals surface area contributed by atoms with Gasteiger partial charge in [0, 0.05) is 10.2 Å². The molecule has 19 heavy (non-hydrogen) atoms. The second-order valence-corrected chi connectivity index (χ2v) is 5.11. The van der Waals surface area contributed by atoms with Crippen molar-refractivity contribution >= 4 is 45.0 Å². The Bertz CT molecular complexity index is 647. The Morgan fingerprint density at radius 1 is 1.37 bits per heavy atom. The molecule has 98 valence electrons. The Kier molecular flexibility index (Phi) is 4.07. The van der Waals surface area contributed by atoms with E-state index in [9.17, 15) is 4.79 Å². The SMILES string of the molecule is Cc1c(Br)cccc1Nc1nc(Cl)ccc1C(=O)O. The number of hydrogen-bond acceptors (Lipinski definition) is 3. The molecule has 1 aromatic carbocycles. The molecule has 0 aliphatic rings. The molecule has 0 spiro atoms. The summed E-state index contributed by atoms with van der Waals surface area (Å²) in [6, 6.07) is 8.47. The van der Waals surface area contributed by atoms with Crippen molar-refractivity contribution in [2.45, 2.75) is 6.92 Å². The minimum Gasteiger partial charge on any atom is -0.478 e. The summed E-state index contributed by atoms with van der Waals surface area (Å²) in [6.45, 7) is 1.91. The fourth-order valence-electron chi connectivity index (χ4n) is 1.57. The van der Waals surface area contributed by atoms with E-state index in [2.05, 4.69) is 26.2 Å². The molecule has 1 heterocycles. The number of pyridine rings is 1. The number of anilines is 2. The molecule has 6 heteroatoms. The number of rotatable bonds is 3. The minimum atomic E-state index is -1.06. The number of hydrogen-bond donors (Lipinski definition) is 2. The maximum absolute atomic E-state index is 11.1. The van der Waals surface area contributed by atoms with Gasteiger partial charge < -0.3 is 10.4 Å². The Labute approximate surface area is 123 Å². The number of halogens is 2. The van der Waals surface area contributed by atoms with E-state index >= 15 is 0 Å². The number of benzene rings is 1. The van der Waals surface area contributed by atoms with Gasteiger partial charge in [-0.15, -0.1) is 0 Å². The van der Waals surface area contributed by atoms with Crippen LogP contribution in [0.4, 0.5) is 11.5 Å². The number of aromatic carboxylic acids is 1. The zero-order valence-electron chi connectivity index (χ0n) is 9.95. The minimum absolute atomic E-state index is 0.0729. The lowest BCUT2D eigenvalue weighted by Gasteiger charge is -2.12. The van der Waals surface area contributed by atoms with Crippen molar-refractivity contribution in [1.82, 2.24) is 4.98 Å². The molecule has 0 aliphatic carbocycles. The van der Waals surface area contributed by atoms with Crippen LogP contribution in [-0.4, -0.2) is 16.1 Å². The van der Waals surface area contributed by atoms with E-state index < -0.39 is 5.97 Å². The summed E-state index contributed by atoms with van der Waals surface area (Å²) in [7, 11) is 0. The highest BCUT2D eigenvalue weighted by Gasteiger charge is 2.13. The molecule has 1 aromatic heterocycles. The normalized spacial score (nSPS) is 10.3. The van der Waals surface area contributed by atoms with Crippen LogP contribution in [0.2, 0.25) is 5.15 Å². The van der Waals surface area contributed by atoms with Crippen molar-refractivity contribution in [1.29, 1.82) is 0 Å². The Morgan fingerprint density at radius 3 is 2.79 bits per heavy atom. The second kappa shape index (κ2) is 5.59. The molecule has 0 atom stereocenters. The van der Waals surface area contributed by atoms with Crippen molar-refractivity contribution < 1.29 is 9.90 Å². The second-order valence-electron chi connectivity index (χ2n) is 3.87. The molecule has 0 aliphatic heterocycles. The lowest BCUT2D eigenvalue weighted by atomic mass is 10.2. The molecule has 4 nitrogen and oxygen atoms in total.